The van der Waals surface area contributed by atoms with Gasteiger partial charge in [0.25, 0.3) is 0 Å². The van der Waals surface area contributed by atoms with Crippen LogP contribution in [0, 0.1) is 5.92 Å². The number of aliphatic hydroxyl groups is 1. The molecular formula is C10H22N2O. The minimum atomic E-state index is 0.300. The molecule has 0 aromatic carbocycles. The summed E-state index contributed by atoms with van der Waals surface area (Å²) in [5, 5.41) is 15.8. The van der Waals surface area contributed by atoms with Crippen molar-refractivity contribution in [1.82, 2.24) is 10.6 Å². The van der Waals surface area contributed by atoms with Crippen LogP contribution in [0.15, 0.2) is 0 Å². The number of piperidine rings is 1. The molecular weight excluding hydrogens is 164 g/mol. The zero-order valence-corrected chi connectivity index (χ0v) is 8.55. The number of nitrogens with one attached hydrogen (secondary N) is 2. The summed E-state index contributed by atoms with van der Waals surface area (Å²) >= 11 is 0. The van der Waals surface area contributed by atoms with Gasteiger partial charge in [0, 0.05) is 12.6 Å². The van der Waals surface area contributed by atoms with E-state index in [4.69, 9.17) is 5.11 Å². The van der Waals surface area contributed by atoms with Gasteiger partial charge >= 0.3 is 0 Å². The van der Waals surface area contributed by atoms with Gasteiger partial charge in [-0.3, -0.25) is 0 Å². The van der Waals surface area contributed by atoms with Crippen LogP contribution in [0.1, 0.15) is 26.2 Å². The summed E-state index contributed by atoms with van der Waals surface area (Å²) in [5.74, 6) is 0.709. The smallest absolute Gasteiger partial charge is 0.0445 e. The van der Waals surface area contributed by atoms with E-state index in [1.807, 2.05) is 0 Å². The van der Waals surface area contributed by atoms with E-state index in [2.05, 4.69) is 17.6 Å². The average Bonchev–Trinajstić information content (AvgIpc) is 2.19. The first-order valence-corrected chi connectivity index (χ1v) is 5.43. The molecule has 78 valence electrons. The Bertz CT molecular complexity index is 118. The van der Waals surface area contributed by atoms with E-state index < -0.39 is 0 Å². The normalized spacial score (nSPS) is 25.8. The first-order chi connectivity index (χ1) is 6.38. The van der Waals surface area contributed by atoms with E-state index in [0.717, 1.165) is 26.1 Å². The van der Waals surface area contributed by atoms with E-state index in [-0.39, 0.29) is 0 Å². The van der Waals surface area contributed by atoms with Gasteiger partial charge in [-0.25, -0.2) is 0 Å². The highest BCUT2D eigenvalue weighted by Crippen LogP contribution is 2.16. The summed E-state index contributed by atoms with van der Waals surface area (Å²) in [6.07, 6.45) is 3.46. The van der Waals surface area contributed by atoms with Crippen LogP contribution in [-0.2, 0) is 0 Å². The van der Waals surface area contributed by atoms with E-state index in [0.29, 0.717) is 18.6 Å². The topological polar surface area (TPSA) is 44.3 Å². The summed E-state index contributed by atoms with van der Waals surface area (Å²) in [7, 11) is 0. The first-order valence-electron chi connectivity index (χ1n) is 5.43. The molecule has 0 radical (unpaired) electrons. The lowest BCUT2D eigenvalue weighted by Crippen LogP contribution is -2.44. The summed E-state index contributed by atoms with van der Waals surface area (Å²) in [6.45, 7) is 5.70. The monoisotopic (exact) mass is 186 g/mol. The molecule has 0 amide bonds. The number of hydrogen-bond acceptors (Lipinski definition) is 3. The van der Waals surface area contributed by atoms with Crippen LogP contribution in [0.2, 0.25) is 0 Å². The number of aliphatic hydroxyl groups excluding tert-OH is 1. The molecule has 1 fully saturated rings. The van der Waals surface area contributed by atoms with Crippen LogP contribution in [0.3, 0.4) is 0 Å². The fourth-order valence-corrected chi connectivity index (χ4v) is 2.13. The van der Waals surface area contributed by atoms with Crippen molar-refractivity contribution in [2.45, 2.75) is 32.2 Å². The van der Waals surface area contributed by atoms with Crippen LogP contribution >= 0.6 is 0 Å². The van der Waals surface area contributed by atoms with Gasteiger partial charge in [-0.2, -0.15) is 0 Å². The quantitative estimate of drug-likeness (QED) is 0.580. The van der Waals surface area contributed by atoms with Crippen molar-refractivity contribution in [3.05, 3.63) is 0 Å². The molecule has 2 atom stereocenters. The zero-order valence-electron chi connectivity index (χ0n) is 8.55. The molecule has 3 N–H and O–H groups in total. The highest BCUT2D eigenvalue weighted by atomic mass is 16.3. The average molecular weight is 186 g/mol. The Balaban J connectivity index is 2.32. The van der Waals surface area contributed by atoms with E-state index in [1.54, 1.807) is 0 Å². The van der Waals surface area contributed by atoms with Crippen molar-refractivity contribution in [1.29, 1.82) is 0 Å². The van der Waals surface area contributed by atoms with Gasteiger partial charge in [0.15, 0.2) is 0 Å². The molecule has 0 aromatic rings. The van der Waals surface area contributed by atoms with Gasteiger partial charge in [-0.1, -0.05) is 6.92 Å². The molecule has 3 heteroatoms. The maximum absolute atomic E-state index is 8.93. The summed E-state index contributed by atoms with van der Waals surface area (Å²) in [4.78, 5) is 0. The van der Waals surface area contributed by atoms with Crippen molar-refractivity contribution in [3.8, 4) is 0 Å². The van der Waals surface area contributed by atoms with Gasteiger partial charge in [0.05, 0.1) is 0 Å². The lowest BCUT2D eigenvalue weighted by molar-refractivity contribution is 0.216. The second-order valence-corrected chi connectivity index (χ2v) is 3.78. The predicted octanol–water partition coefficient (Wildman–Crippen LogP) is 0.346. The lowest BCUT2D eigenvalue weighted by atomic mass is 9.90. The minimum absolute atomic E-state index is 0.300. The largest absolute Gasteiger partial charge is 0.396 e. The molecule has 0 aromatic heterocycles. The highest BCUT2D eigenvalue weighted by Gasteiger charge is 2.21. The molecule has 1 rings (SSSR count). The standard InChI is InChI=1S/C10H22N2O/c1-2-12-10(5-7-13)9-4-3-6-11-8-9/h9-13H,2-8H2,1H3/t9-,10-/m1/s1. The van der Waals surface area contributed by atoms with Crippen molar-refractivity contribution < 1.29 is 5.11 Å². The van der Waals surface area contributed by atoms with Crippen LogP contribution in [-0.4, -0.2) is 37.4 Å². The van der Waals surface area contributed by atoms with Gasteiger partial charge in [-0.05, 0) is 44.8 Å². The molecule has 1 saturated heterocycles. The van der Waals surface area contributed by atoms with Gasteiger partial charge in [-0.15, -0.1) is 0 Å². The van der Waals surface area contributed by atoms with E-state index in [9.17, 15) is 0 Å². The lowest BCUT2D eigenvalue weighted by Gasteiger charge is -2.31. The third kappa shape index (κ3) is 3.63. The highest BCUT2D eigenvalue weighted by molar-refractivity contribution is 4.80. The molecule has 3 nitrogen and oxygen atoms in total. The molecule has 0 saturated carbocycles. The van der Waals surface area contributed by atoms with Crippen molar-refractivity contribution >= 4 is 0 Å². The Hall–Kier alpha value is -0.120. The van der Waals surface area contributed by atoms with Crippen LogP contribution in [0.4, 0.5) is 0 Å². The Morgan fingerprint density at radius 2 is 2.46 bits per heavy atom. The first kappa shape index (κ1) is 11.0. The van der Waals surface area contributed by atoms with Crippen molar-refractivity contribution in [3.63, 3.8) is 0 Å². The van der Waals surface area contributed by atoms with Crippen LogP contribution < -0.4 is 10.6 Å². The van der Waals surface area contributed by atoms with Gasteiger partial charge in [0.2, 0.25) is 0 Å². The molecule has 1 aliphatic rings. The number of hydrogen-bond donors (Lipinski definition) is 3. The summed E-state index contributed by atoms with van der Waals surface area (Å²) in [6, 6.07) is 0.503. The van der Waals surface area contributed by atoms with Crippen molar-refractivity contribution in [2.75, 3.05) is 26.2 Å². The molecule has 0 bridgehead atoms. The van der Waals surface area contributed by atoms with Crippen molar-refractivity contribution in [2.24, 2.45) is 5.92 Å². The predicted molar refractivity (Wildman–Crippen MR) is 54.8 cm³/mol. The fourth-order valence-electron chi connectivity index (χ4n) is 2.13. The SMILES string of the molecule is CCN[C@H](CCO)[C@@H]1CCCNC1. The Morgan fingerprint density at radius 3 is 3.00 bits per heavy atom. The third-order valence-electron chi connectivity index (χ3n) is 2.81. The maximum Gasteiger partial charge on any atom is 0.0445 e. The van der Waals surface area contributed by atoms with Gasteiger partial charge in [0.1, 0.15) is 0 Å². The maximum atomic E-state index is 8.93. The molecule has 0 spiro atoms. The molecule has 0 unspecified atom stereocenters. The van der Waals surface area contributed by atoms with E-state index in [1.165, 1.54) is 12.8 Å². The molecule has 13 heavy (non-hydrogen) atoms. The molecule has 1 aliphatic heterocycles. The minimum Gasteiger partial charge on any atom is -0.396 e. The van der Waals surface area contributed by atoms with E-state index >= 15 is 0 Å². The Labute approximate surface area is 80.9 Å². The summed E-state index contributed by atoms with van der Waals surface area (Å²) < 4.78 is 0. The Morgan fingerprint density at radius 1 is 1.62 bits per heavy atom. The number of rotatable bonds is 5. The van der Waals surface area contributed by atoms with Gasteiger partial charge < -0.3 is 15.7 Å². The molecule has 1 heterocycles. The second-order valence-electron chi connectivity index (χ2n) is 3.78. The Kier molecular flexibility index (Phi) is 5.35. The molecule has 0 aliphatic carbocycles. The summed E-state index contributed by atoms with van der Waals surface area (Å²) in [5.41, 5.74) is 0. The second kappa shape index (κ2) is 6.35. The van der Waals surface area contributed by atoms with Crippen LogP contribution in [0.25, 0.3) is 0 Å². The fraction of sp³-hybridized carbons (Fsp3) is 1.00. The third-order valence-corrected chi connectivity index (χ3v) is 2.81. The van der Waals surface area contributed by atoms with Crippen LogP contribution in [0.5, 0.6) is 0 Å². The zero-order chi connectivity index (χ0) is 9.52.